The molecule has 0 rings (SSSR count). The highest BCUT2D eigenvalue weighted by atomic mass is 16.4. The summed E-state index contributed by atoms with van der Waals surface area (Å²) in [6, 6.07) is -0.670. The van der Waals surface area contributed by atoms with Crippen LogP contribution in [0.25, 0.3) is 0 Å². The summed E-state index contributed by atoms with van der Waals surface area (Å²) < 4.78 is 0. The van der Waals surface area contributed by atoms with E-state index in [-0.39, 0.29) is 12.5 Å². The van der Waals surface area contributed by atoms with Gasteiger partial charge < -0.3 is 21.3 Å². The molecule has 0 radical (unpaired) electrons. The number of carboxylic acid groups (broad SMARTS) is 1. The normalized spacial score (nSPS) is 16.5. The maximum Gasteiger partial charge on any atom is 0.334 e. The van der Waals surface area contributed by atoms with E-state index >= 15 is 0 Å². The Labute approximate surface area is 88.5 Å². The van der Waals surface area contributed by atoms with Crippen molar-refractivity contribution in [1.82, 2.24) is 5.32 Å². The number of aliphatic carboxylic acids is 1. The lowest BCUT2D eigenvalue weighted by Gasteiger charge is -2.18. The molecule has 6 nitrogen and oxygen atoms in total. The summed E-state index contributed by atoms with van der Waals surface area (Å²) in [7, 11) is 0. The van der Waals surface area contributed by atoms with Gasteiger partial charge in [0, 0.05) is 0 Å². The zero-order valence-electron chi connectivity index (χ0n) is 8.93. The third-order valence-corrected chi connectivity index (χ3v) is 2.31. The van der Waals surface area contributed by atoms with Crippen LogP contribution in [-0.2, 0) is 9.59 Å². The van der Waals surface area contributed by atoms with Crippen molar-refractivity contribution in [2.45, 2.75) is 32.4 Å². The smallest absolute Gasteiger partial charge is 0.334 e. The maximum absolute atomic E-state index is 11.3. The van der Waals surface area contributed by atoms with E-state index in [9.17, 15) is 9.59 Å². The van der Waals surface area contributed by atoms with Gasteiger partial charge in [0.2, 0.25) is 5.91 Å². The van der Waals surface area contributed by atoms with Crippen molar-refractivity contribution >= 4 is 11.9 Å². The van der Waals surface area contributed by atoms with Crippen molar-refractivity contribution in [3.63, 3.8) is 0 Å². The van der Waals surface area contributed by atoms with E-state index < -0.39 is 24.0 Å². The van der Waals surface area contributed by atoms with Gasteiger partial charge in [-0.15, -0.1) is 0 Å². The summed E-state index contributed by atoms with van der Waals surface area (Å²) in [6.45, 7) is 3.42. The average molecular weight is 218 g/mol. The number of nitrogens with one attached hydrogen (secondary N) is 1. The van der Waals surface area contributed by atoms with Gasteiger partial charge in [0.05, 0.1) is 12.6 Å². The minimum Gasteiger partial charge on any atom is -0.479 e. The molecule has 0 fully saturated rings. The fraction of sp³-hybridized carbons (Fsp3) is 0.778. The molecule has 15 heavy (non-hydrogen) atoms. The van der Waals surface area contributed by atoms with E-state index in [1.54, 1.807) is 0 Å². The van der Waals surface area contributed by atoms with Gasteiger partial charge in [-0.1, -0.05) is 20.3 Å². The van der Waals surface area contributed by atoms with Gasteiger partial charge in [-0.05, 0) is 5.92 Å². The molecule has 0 bridgehead atoms. The molecule has 0 saturated heterocycles. The van der Waals surface area contributed by atoms with Crippen molar-refractivity contribution in [3.8, 4) is 0 Å². The van der Waals surface area contributed by atoms with Crippen molar-refractivity contribution in [3.05, 3.63) is 0 Å². The molecule has 0 aliphatic heterocycles. The largest absolute Gasteiger partial charge is 0.479 e. The van der Waals surface area contributed by atoms with E-state index in [1.165, 1.54) is 0 Å². The summed E-state index contributed by atoms with van der Waals surface area (Å²) in [6.07, 6.45) is -0.825. The second-order valence-corrected chi connectivity index (χ2v) is 3.51. The molecular formula is C9H18N2O4. The van der Waals surface area contributed by atoms with Crippen molar-refractivity contribution < 1.29 is 19.8 Å². The Hall–Kier alpha value is -1.14. The van der Waals surface area contributed by atoms with Gasteiger partial charge >= 0.3 is 5.97 Å². The molecule has 0 heterocycles. The number of carboxylic acids is 1. The van der Waals surface area contributed by atoms with Crippen LogP contribution in [0.5, 0.6) is 0 Å². The number of nitrogens with two attached hydrogens (primary N) is 1. The lowest BCUT2D eigenvalue weighted by molar-refractivity contribution is -0.146. The maximum atomic E-state index is 11.3. The van der Waals surface area contributed by atoms with Gasteiger partial charge in [-0.2, -0.15) is 0 Å². The summed E-state index contributed by atoms with van der Waals surface area (Å²) in [5.74, 6) is -1.79. The molecule has 0 aromatic rings. The van der Waals surface area contributed by atoms with Crippen LogP contribution >= 0.6 is 0 Å². The molecular weight excluding hydrogens is 200 g/mol. The topological polar surface area (TPSA) is 113 Å². The molecule has 3 atom stereocenters. The minimum absolute atomic E-state index is 0.0203. The molecule has 0 aromatic heterocycles. The Morgan fingerprint density at radius 2 is 2.00 bits per heavy atom. The highest BCUT2D eigenvalue weighted by Crippen LogP contribution is 2.04. The summed E-state index contributed by atoms with van der Waals surface area (Å²) in [4.78, 5) is 21.6. The molecule has 0 saturated carbocycles. The molecule has 0 spiro atoms. The molecule has 0 aromatic carbocycles. The third-order valence-electron chi connectivity index (χ3n) is 2.31. The first-order valence-corrected chi connectivity index (χ1v) is 4.84. The Bertz CT molecular complexity index is 232. The third kappa shape index (κ3) is 4.75. The minimum atomic E-state index is -1.59. The molecule has 1 amide bonds. The van der Waals surface area contributed by atoms with Crippen LogP contribution in [0.1, 0.15) is 20.3 Å². The first-order chi connectivity index (χ1) is 6.90. The molecule has 88 valence electrons. The predicted molar refractivity (Wildman–Crippen MR) is 54.1 cm³/mol. The van der Waals surface area contributed by atoms with E-state index in [2.05, 4.69) is 5.32 Å². The predicted octanol–water partition coefficient (Wildman–Crippen LogP) is -1.08. The number of amides is 1. The van der Waals surface area contributed by atoms with E-state index in [1.807, 2.05) is 13.8 Å². The molecule has 5 N–H and O–H groups in total. The monoisotopic (exact) mass is 218 g/mol. The van der Waals surface area contributed by atoms with Crippen molar-refractivity contribution in [2.75, 3.05) is 6.54 Å². The first kappa shape index (κ1) is 13.9. The molecule has 6 heteroatoms. The zero-order valence-corrected chi connectivity index (χ0v) is 8.93. The number of carbonyl (C=O) groups is 2. The lowest BCUT2D eigenvalue weighted by atomic mass is 9.99. The number of carbonyl (C=O) groups excluding carboxylic acids is 1. The van der Waals surface area contributed by atoms with Crippen molar-refractivity contribution in [1.29, 1.82) is 0 Å². The van der Waals surface area contributed by atoms with E-state index in [0.29, 0.717) is 0 Å². The number of hydrogen-bond donors (Lipinski definition) is 4. The van der Waals surface area contributed by atoms with Gasteiger partial charge in [-0.3, -0.25) is 4.79 Å². The van der Waals surface area contributed by atoms with Gasteiger partial charge in [0.25, 0.3) is 0 Å². The second-order valence-electron chi connectivity index (χ2n) is 3.51. The number of rotatable bonds is 6. The van der Waals surface area contributed by atoms with Gasteiger partial charge in [0.15, 0.2) is 6.10 Å². The number of aliphatic hydroxyl groups is 1. The van der Waals surface area contributed by atoms with Crippen LogP contribution < -0.4 is 11.1 Å². The summed E-state index contributed by atoms with van der Waals surface area (Å²) in [5.41, 5.74) is 5.59. The average Bonchev–Trinajstić information content (AvgIpc) is 2.22. The fourth-order valence-corrected chi connectivity index (χ4v) is 0.915. The van der Waals surface area contributed by atoms with E-state index in [4.69, 9.17) is 15.9 Å². The first-order valence-electron chi connectivity index (χ1n) is 4.84. The Balaban J connectivity index is 3.98. The lowest BCUT2D eigenvalue weighted by Crippen LogP contribution is -2.47. The fourth-order valence-electron chi connectivity index (χ4n) is 0.915. The Kier molecular flexibility index (Phi) is 5.88. The SMILES string of the molecule is CC[C@H](C)[C@H](N)C(=O)NCC(O)C(=O)O. The van der Waals surface area contributed by atoms with Crippen LogP contribution in [0, 0.1) is 5.92 Å². The molecule has 0 aliphatic carbocycles. The van der Waals surface area contributed by atoms with Crippen LogP contribution in [0.2, 0.25) is 0 Å². The van der Waals surface area contributed by atoms with E-state index in [0.717, 1.165) is 6.42 Å². The van der Waals surface area contributed by atoms with Crippen LogP contribution in [0.3, 0.4) is 0 Å². The zero-order chi connectivity index (χ0) is 12.0. The van der Waals surface area contributed by atoms with Crippen LogP contribution in [-0.4, -0.2) is 40.8 Å². The highest BCUT2D eigenvalue weighted by molar-refractivity contribution is 5.82. The van der Waals surface area contributed by atoms with Crippen LogP contribution in [0.15, 0.2) is 0 Å². The standard InChI is InChI=1S/C9H18N2O4/c1-3-5(2)7(10)8(13)11-4-6(12)9(14)15/h5-7,12H,3-4,10H2,1-2H3,(H,11,13)(H,14,15)/t5-,6?,7-/m0/s1. The van der Waals surface area contributed by atoms with Crippen molar-refractivity contribution in [2.24, 2.45) is 11.7 Å². The molecule has 0 aliphatic rings. The Morgan fingerprint density at radius 3 is 2.40 bits per heavy atom. The summed E-state index contributed by atoms with van der Waals surface area (Å²) >= 11 is 0. The molecule has 1 unspecified atom stereocenters. The van der Waals surface area contributed by atoms with Crippen LogP contribution in [0.4, 0.5) is 0 Å². The highest BCUT2D eigenvalue weighted by Gasteiger charge is 2.21. The number of hydrogen-bond acceptors (Lipinski definition) is 4. The quantitative estimate of drug-likeness (QED) is 0.453. The summed E-state index contributed by atoms with van der Waals surface area (Å²) in [5, 5.41) is 19.5. The number of aliphatic hydroxyl groups excluding tert-OH is 1. The second kappa shape index (κ2) is 6.36. The Morgan fingerprint density at radius 1 is 1.47 bits per heavy atom. The van der Waals surface area contributed by atoms with Gasteiger partial charge in [0.1, 0.15) is 0 Å². The van der Waals surface area contributed by atoms with Gasteiger partial charge in [-0.25, -0.2) is 4.79 Å².